The number of hydrogen-bond acceptors (Lipinski definition) is 6. The number of amides is 1. The van der Waals surface area contributed by atoms with Crippen LogP contribution in [-0.2, 0) is 24.3 Å². The quantitative estimate of drug-likeness (QED) is 0.554. The molecule has 1 aromatic heterocycles. The van der Waals surface area contributed by atoms with E-state index in [1.165, 1.54) is 11.3 Å². The number of aryl methyl sites for hydroxylation is 1. The van der Waals surface area contributed by atoms with Gasteiger partial charge in [-0.3, -0.25) is 9.69 Å². The van der Waals surface area contributed by atoms with Crippen molar-refractivity contribution in [3.05, 3.63) is 69.7 Å². The van der Waals surface area contributed by atoms with Crippen molar-refractivity contribution < 1.29 is 14.3 Å². The molecule has 0 atom stereocenters. The number of anilines is 1. The Kier molecular flexibility index (Phi) is 7.43. The lowest BCUT2D eigenvalue weighted by atomic mass is 10.1. The zero-order chi connectivity index (χ0) is 21.5. The number of nitrogens with one attached hydrogen (secondary N) is 1. The SMILES string of the molecule is COc1cccc(CN(C)Cc2csc(CC(=O)Nc3ccc(C)cc3)n2)c1OC. The van der Waals surface area contributed by atoms with Gasteiger partial charge in [0.2, 0.25) is 5.91 Å². The average Bonchev–Trinajstić information content (AvgIpc) is 3.15. The number of methoxy groups -OCH3 is 2. The maximum atomic E-state index is 12.3. The highest BCUT2D eigenvalue weighted by Crippen LogP contribution is 2.31. The smallest absolute Gasteiger partial charge is 0.231 e. The van der Waals surface area contributed by atoms with Gasteiger partial charge in [0.15, 0.2) is 11.5 Å². The fourth-order valence-electron chi connectivity index (χ4n) is 3.18. The highest BCUT2D eigenvalue weighted by atomic mass is 32.1. The monoisotopic (exact) mass is 425 g/mol. The van der Waals surface area contributed by atoms with Gasteiger partial charge in [0.25, 0.3) is 0 Å². The summed E-state index contributed by atoms with van der Waals surface area (Å²) in [6.07, 6.45) is 0.270. The van der Waals surface area contributed by atoms with Crippen LogP contribution in [0.3, 0.4) is 0 Å². The van der Waals surface area contributed by atoms with Gasteiger partial charge in [-0.2, -0.15) is 0 Å². The van der Waals surface area contributed by atoms with Gasteiger partial charge in [0.05, 0.1) is 26.3 Å². The molecule has 6 nitrogen and oxygen atoms in total. The van der Waals surface area contributed by atoms with Crippen LogP contribution >= 0.6 is 11.3 Å². The average molecular weight is 426 g/mol. The minimum Gasteiger partial charge on any atom is -0.493 e. The molecule has 0 aliphatic heterocycles. The van der Waals surface area contributed by atoms with Crippen LogP contribution in [0.1, 0.15) is 21.8 Å². The Balaban J connectivity index is 1.56. The van der Waals surface area contributed by atoms with Crippen molar-refractivity contribution in [1.82, 2.24) is 9.88 Å². The van der Waals surface area contributed by atoms with Crippen molar-refractivity contribution in [2.45, 2.75) is 26.4 Å². The number of para-hydroxylation sites is 1. The minimum atomic E-state index is -0.0609. The van der Waals surface area contributed by atoms with Crippen molar-refractivity contribution in [2.24, 2.45) is 0 Å². The van der Waals surface area contributed by atoms with Crippen LogP contribution in [0.15, 0.2) is 47.8 Å². The Hall–Kier alpha value is -2.90. The maximum absolute atomic E-state index is 12.3. The van der Waals surface area contributed by atoms with Crippen molar-refractivity contribution >= 4 is 22.9 Å². The third kappa shape index (κ3) is 5.81. The van der Waals surface area contributed by atoms with E-state index in [0.29, 0.717) is 13.1 Å². The van der Waals surface area contributed by atoms with Crippen molar-refractivity contribution in [1.29, 1.82) is 0 Å². The van der Waals surface area contributed by atoms with E-state index >= 15 is 0 Å². The molecule has 0 saturated carbocycles. The first-order valence-electron chi connectivity index (χ1n) is 9.66. The second-order valence-corrected chi connectivity index (χ2v) is 8.09. The first-order valence-corrected chi connectivity index (χ1v) is 10.5. The first kappa shape index (κ1) is 21.8. The number of carbonyl (C=O) groups is 1. The summed E-state index contributed by atoms with van der Waals surface area (Å²) in [6, 6.07) is 13.6. The normalized spacial score (nSPS) is 10.8. The van der Waals surface area contributed by atoms with Crippen LogP contribution in [0.2, 0.25) is 0 Å². The minimum absolute atomic E-state index is 0.0609. The highest BCUT2D eigenvalue weighted by molar-refractivity contribution is 7.09. The number of benzene rings is 2. The number of thiazole rings is 1. The molecule has 0 spiro atoms. The van der Waals surface area contributed by atoms with E-state index in [-0.39, 0.29) is 12.3 Å². The molecule has 0 unspecified atom stereocenters. The topological polar surface area (TPSA) is 63.7 Å². The maximum Gasteiger partial charge on any atom is 0.231 e. The zero-order valence-corrected chi connectivity index (χ0v) is 18.6. The number of rotatable bonds is 9. The van der Waals surface area contributed by atoms with Crippen LogP contribution in [-0.4, -0.2) is 37.1 Å². The van der Waals surface area contributed by atoms with E-state index in [4.69, 9.17) is 9.47 Å². The molecule has 158 valence electrons. The molecule has 0 fully saturated rings. The summed E-state index contributed by atoms with van der Waals surface area (Å²) in [6.45, 7) is 3.39. The van der Waals surface area contributed by atoms with Crippen LogP contribution in [0.5, 0.6) is 11.5 Å². The second-order valence-electron chi connectivity index (χ2n) is 7.15. The number of hydrogen-bond donors (Lipinski definition) is 1. The fraction of sp³-hybridized carbons (Fsp3) is 0.304. The van der Waals surface area contributed by atoms with Crippen LogP contribution in [0.4, 0.5) is 5.69 Å². The predicted octanol–water partition coefficient (Wildman–Crippen LogP) is 4.28. The van der Waals surface area contributed by atoms with Crippen molar-refractivity contribution in [3.63, 3.8) is 0 Å². The van der Waals surface area contributed by atoms with Gasteiger partial charge in [0, 0.05) is 29.7 Å². The first-order chi connectivity index (χ1) is 14.5. The molecule has 3 rings (SSSR count). The Labute approximate surface area is 181 Å². The van der Waals surface area contributed by atoms with Gasteiger partial charge >= 0.3 is 0 Å². The van der Waals surface area contributed by atoms with E-state index in [0.717, 1.165) is 39.0 Å². The molecule has 1 N–H and O–H groups in total. The summed E-state index contributed by atoms with van der Waals surface area (Å²) in [5.41, 5.74) is 3.96. The molecule has 30 heavy (non-hydrogen) atoms. The molecular weight excluding hydrogens is 398 g/mol. The van der Waals surface area contributed by atoms with Gasteiger partial charge in [-0.15, -0.1) is 11.3 Å². The van der Waals surface area contributed by atoms with Crippen LogP contribution in [0.25, 0.3) is 0 Å². The largest absolute Gasteiger partial charge is 0.493 e. The standard InChI is InChI=1S/C23H27N3O3S/c1-16-8-10-18(11-9-16)24-21(27)12-22-25-19(15-30-22)14-26(2)13-17-6-5-7-20(28-3)23(17)29-4/h5-11,15H,12-14H2,1-4H3,(H,24,27). The Morgan fingerprint density at radius 1 is 1.10 bits per heavy atom. The zero-order valence-electron chi connectivity index (χ0n) is 17.8. The lowest BCUT2D eigenvalue weighted by Crippen LogP contribution is -2.18. The van der Waals surface area contributed by atoms with Gasteiger partial charge in [0.1, 0.15) is 5.01 Å². The van der Waals surface area contributed by atoms with Crippen LogP contribution < -0.4 is 14.8 Å². The number of carbonyl (C=O) groups excluding carboxylic acids is 1. The molecule has 3 aromatic rings. The molecule has 0 saturated heterocycles. The Morgan fingerprint density at radius 2 is 1.87 bits per heavy atom. The summed E-state index contributed by atoms with van der Waals surface area (Å²) < 4.78 is 10.9. The third-order valence-electron chi connectivity index (χ3n) is 4.60. The number of aromatic nitrogens is 1. The number of nitrogens with zero attached hydrogens (tertiary/aromatic N) is 2. The molecule has 0 aliphatic carbocycles. The van der Waals surface area contributed by atoms with Gasteiger partial charge in [-0.25, -0.2) is 4.98 Å². The fourth-order valence-corrected chi connectivity index (χ4v) is 3.97. The molecule has 2 aromatic carbocycles. The molecule has 1 amide bonds. The lowest BCUT2D eigenvalue weighted by molar-refractivity contribution is -0.115. The Morgan fingerprint density at radius 3 is 2.57 bits per heavy atom. The van der Waals surface area contributed by atoms with E-state index in [1.807, 2.05) is 61.8 Å². The van der Waals surface area contributed by atoms with E-state index in [1.54, 1.807) is 14.2 Å². The second kappa shape index (κ2) is 10.2. The Bertz CT molecular complexity index is 986. The lowest BCUT2D eigenvalue weighted by Gasteiger charge is -2.18. The van der Waals surface area contributed by atoms with E-state index in [9.17, 15) is 4.79 Å². The summed E-state index contributed by atoms with van der Waals surface area (Å²) in [5.74, 6) is 1.41. The molecule has 7 heteroatoms. The molecular formula is C23H27N3O3S. The van der Waals surface area contributed by atoms with Gasteiger partial charge in [-0.05, 0) is 32.2 Å². The van der Waals surface area contributed by atoms with Crippen molar-refractivity contribution in [2.75, 3.05) is 26.6 Å². The summed E-state index contributed by atoms with van der Waals surface area (Å²) in [5, 5.41) is 5.73. The van der Waals surface area contributed by atoms with E-state index in [2.05, 4.69) is 15.2 Å². The van der Waals surface area contributed by atoms with Gasteiger partial charge in [-0.1, -0.05) is 29.8 Å². The molecule has 0 bridgehead atoms. The predicted molar refractivity (Wildman–Crippen MR) is 120 cm³/mol. The summed E-state index contributed by atoms with van der Waals surface area (Å²) in [7, 11) is 5.31. The third-order valence-corrected chi connectivity index (χ3v) is 5.50. The van der Waals surface area contributed by atoms with Crippen LogP contribution in [0, 0.1) is 6.92 Å². The van der Waals surface area contributed by atoms with E-state index < -0.39 is 0 Å². The molecule has 1 heterocycles. The van der Waals surface area contributed by atoms with Crippen molar-refractivity contribution in [3.8, 4) is 11.5 Å². The molecule has 0 radical (unpaired) electrons. The summed E-state index contributed by atoms with van der Waals surface area (Å²) >= 11 is 1.51. The van der Waals surface area contributed by atoms with Gasteiger partial charge < -0.3 is 14.8 Å². The highest BCUT2D eigenvalue weighted by Gasteiger charge is 2.13. The number of ether oxygens (including phenoxy) is 2. The molecule has 0 aliphatic rings. The summed E-state index contributed by atoms with van der Waals surface area (Å²) in [4.78, 5) is 19.1.